The number of nitrogen functional groups attached to an aromatic ring is 1. The molecule has 37 nitrogen and oxygen atoms in total. The third-order valence-electron chi connectivity index (χ3n) is 20.1. The van der Waals surface area contributed by atoms with E-state index in [-0.39, 0.29) is 116 Å². The van der Waals surface area contributed by atoms with Gasteiger partial charge < -0.3 is 144 Å². The lowest BCUT2D eigenvalue weighted by Crippen LogP contribution is -2.46. The van der Waals surface area contributed by atoms with Gasteiger partial charge in [0.25, 0.3) is 0 Å². The van der Waals surface area contributed by atoms with Crippen molar-refractivity contribution in [3.8, 4) is 0 Å². The van der Waals surface area contributed by atoms with Crippen LogP contribution in [0, 0.1) is 17.5 Å². The monoisotopic (exact) mass is 2090 g/mol. The van der Waals surface area contributed by atoms with Gasteiger partial charge in [0.2, 0.25) is 11.8 Å². The van der Waals surface area contributed by atoms with Crippen LogP contribution in [0.3, 0.4) is 0 Å². The van der Waals surface area contributed by atoms with Crippen molar-refractivity contribution in [2.45, 2.75) is 191 Å². The molecule has 143 heavy (non-hydrogen) atoms. The number of carboxylic acid groups (broad SMARTS) is 2. The molecular weight excluding hydrogens is 1930 g/mol. The summed E-state index contributed by atoms with van der Waals surface area (Å²) in [7, 11) is -16.1. The van der Waals surface area contributed by atoms with E-state index in [2.05, 4.69) is 22.1 Å². The van der Waals surface area contributed by atoms with Gasteiger partial charge in [-0.3, -0.25) is 28.8 Å². The van der Waals surface area contributed by atoms with Crippen LogP contribution < -0.4 is 38.5 Å². The Morgan fingerprint density at radius 1 is 0.350 bits per heavy atom. The minimum Gasteiger partial charge on any atom is -0.481 e. The molecule has 0 fully saturated rings. The summed E-state index contributed by atoms with van der Waals surface area (Å²) in [4.78, 5) is 88.1. The first-order valence-electron chi connectivity index (χ1n) is 48.5. The molecule has 0 aliphatic heterocycles. The van der Waals surface area contributed by atoms with Crippen molar-refractivity contribution in [3.05, 3.63) is 192 Å². The SMILES string of the molecule is C=CC(=O)OCc1ccccc1.CCO[Si](CCCN(CCC(=O)Nc1ccc(B(O)O)cc1F)CCC(=O)Nc1ccc(B(O)O)cc1F)(OCC)OCC.CCO[Si](CCCN(CCC(=O)O)CCC(=O)O)(OCC)OCC.CCO[Si](CCCN(CCC(=O)OCc1ccccc1)CCC(=O)OCc1ccccc1)(OCC)OCC.CCO[Si](CCCN)(OCC)OCC.Nc1ccc(B(O)O)cc1F. The van der Waals surface area contributed by atoms with E-state index >= 15 is 0 Å². The van der Waals surface area contributed by atoms with Gasteiger partial charge in [0, 0.05) is 162 Å². The number of carboxylic acids is 2. The van der Waals surface area contributed by atoms with Crippen LogP contribution in [0.25, 0.3) is 0 Å². The first kappa shape index (κ1) is 132. The van der Waals surface area contributed by atoms with Crippen molar-refractivity contribution in [2.75, 3.05) is 161 Å². The molecule has 14 N–H and O–H groups in total. The maximum Gasteiger partial charge on any atom is 0.500 e. The van der Waals surface area contributed by atoms with Gasteiger partial charge in [-0.15, -0.1) is 0 Å². The number of nitrogens with one attached hydrogen (secondary N) is 2. The number of anilines is 3. The quantitative estimate of drug-likeness (QED) is 0.00555. The lowest BCUT2D eigenvalue weighted by molar-refractivity contribution is -0.146. The van der Waals surface area contributed by atoms with E-state index in [0.717, 1.165) is 59.9 Å². The van der Waals surface area contributed by atoms with Crippen LogP contribution in [-0.4, -0.2) is 298 Å². The number of nitrogens with two attached hydrogens (primary N) is 2. The molecular formula is C96H155B3F3N7O30Si4. The van der Waals surface area contributed by atoms with Gasteiger partial charge in [0.05, 0.1) is 42.7 Å². The number of benzene rings is 6. The van der Waals surface area contributed by atoms with Crippen LogP contribution in [0.4, 0.5) is 30.2 Å². The first-order chi connectivity index (χ1) is 68.5. The highest BCUT2D eigenvalue weighted by molar-refractivity contribution is 6.62. The predicted molar refractivity (Wildman–Crippen MR) is 551 cm³/mol. The molecule has 0 unspecified atom stereocenters. The molecule has 2 amide bonds. The highest BCUT2D eigenvalue weighted by atomic mass is 28.4. The fraction of sp³-hybridized carbons (Fsp3) is 0.531. The van der Waals surface area contributed by atoms with Gasteiger partial charge in [0.15, 0.2) is 0 Å². The molecule has 0 heterocycles. The Morgan fingerprint density at radius 2 is 0.601 bits per heavy atom. The Hall–Kier alpha value is -8.88. The van der Waals surface area contributed by atoms with Crippen molar-refractivity contribution in [1.82, 2.24) is 14.7 Å². The molecule has 0 spiro atoms. The highest BCUT2D eigenvalue weighted by Gasteiger charge is 2.43. The van der Waals surface area contributed by atoms with E-state index in [4.69, 9.17) is 99.1 Å². The standard InChI is InChI=1S/C29H43NO7Si.C27H41B2F2N3O9Si.C15H31NO7Si.C10H10O2.C9H23NO3Si.C6H7BFNO2/c1-4-35-38(36-5-2,37-6-3)23-13-20-30(21-18-28(31)33-24-26-14-9-7-10-15-26)22-19-29(32)34-25-27-16-11-8-12-17-27;1-4-41-44(42-5-2,43-6-3)17-7-14-34(15-12-26(35)32-24-10-8-20(28(37)38)18-22(24)30)16-13-27(36)33-25-11-9-21(29(39)40)19-23(25)31;1-4-21-24(22-5-2,23-6-3)13-7-10-16(11-8-14(17)18)12-9-15(19)20;1-2-10(11)12-8-9-6-4-3-5-7-9;1-4-11-14(12-5-2,13-6-3)9-7-8-10;8-5-3-4(7(10)11)1-2-6(5)9/h7-12,14-17H,4-6,13,18-25H2,1-3H3;8-11,18-19,37-40H,4-7,12-17H2,1-3H3,(H,32,35)(H,33,36);4-13H2,1-3H3,(H,17,18)(H,19,20);2-7H,1,8H2;4-10H2,1-3H3;1-3,10-11H,9H2. The molecule has 0 atom stereocenters. The molecule has 0 aliphatic rings. The van der Waals surface area contributed by atoms with E-state index < -0.39 is 97.8 Å². The molecule has 47 heteroatoms. The van der Waals surface area contributed by atoms with Gasteiger partial charge in [-0.2, -0.15) is 0 Å². The van der Waals surface area contributed by atoms with Crippen LogP contribution in [0.15, 0.2) is 158 Å². The summed E-state index contributed by atoms with van der Waals surface area (Å²) in [6.45, 7) is 37.7. The number of hydrogen-bond acceptors (Lipinski definition) is 33. The summed E-state index contributed by atoms with van der Waals surface area (Å²) in [5.74, 6) is -6.00. The molecule has 0 saturated heterocycles. The second-order valence-corrected chi connectivity index (χ2v) is 41.9. The Kier molecular flexibility index (Phi) is 73.3. The van der Waals surface area contributed by atoms with Gasteiger partial charge in [-0.1, -0.05) is 116 Å². The van der Waals surface area contributed by atoms with Gasteiger partial charge in [-0.25, -0.2) is 18.0 Å². The Balaban J connectivity index is 0.000000926. The third-order valence-corrected chi connectivity index (χ3v) is 32.7. The minimum absolute atomic E-state index is 0.00519. The number of amides is 2. The Bertz CT molecular complexity index is 4230. The van der Waals surface area contributed by atoms with Crippen LogP contribution in [0.5, 0.6) is 0 Å². The molecule has 0 aliphatic carbocycles. The summed E-state index contributed by atoms with van der Waals surface area (Å²) >= 11 is 0. The zero-order chi connectivity index (χ0) is 107. The second kappa shape index (κ2) is 79.4. The number of hydrogen-bond donors (Lipinski definition) is 12. The molecule has 6 aromatic carbocycles. The molecule has 800 valence electrons. The average Bonchev–Trinajstić information content (AvgIpc) is 0.853. The maximum atomic E-state index is 14.3. The molecule has 0 saturated carbocycles. The highest BCUT2D eigenvalue weighted by Crippen LogP contribution is 2.25. The predicted octanol–water partition coefficient (Wildman–Crippen LogP) is 9.48. The number of carbonyl (C=O) groups excluding carboxylic acids is 5. The number of carbonyl (C=O) groups is 7. The van der Waals surface area contributed by atoms with E-state index in [1.54, 1.807) is 0 Å². The number of ether oxygens (including phenoxy) is 3. The van der Waals surface area contributed by atoms with Crippen molar-refractivity contribution in [2.24, 2.45) is 5.73 Å². The number of halogens is 3. The number of nitrogens with zero attached hydrogens (tertiary/aromatic N) is 3. The van der Waals surface area contributed by atoms with Crippen LogP contribution in [-0.2, 0) is 121 Å². The van der Waals surface area contributed by atoms with E-state index in [9.17, 15) is 66.8 Å². The molecule has 6 rings (SSSR count). The van der Waals surface area contributed by atoms with E-state index in [0.29, 0.717) is 169 Å². The van der Waals surface area contributed by atoms with Gasteiger partial charge in [0.1, 0.15) is 37.3 Å². The summed E-state index contributed by atoms with van der Waals surface area (Å²) in [6, 6.07) is 41.8. The normalized spacial score (nSPS) is 11.3. The topological polar surface area (TPSA) is 506 Å². The second-order valence-electron chi connectivity index (χ2n) is 31.0. The number of rotatable bonds is 69. The fourth-order valence-corrected chi connectivity index (χ4v) is 24.0. The number of esters is 3. The smallest absolute Gasteiger partial charge is 0.481 e. The van der Waals surface area contributed by atoms with Crippen LogP contribution in [0.1, 0.15) is 164 Å². The van der Waals surface area contributed by atoms with Crippen molar-refractivity contribution < 1.29 is 154 Å². The lowest BCUT2D eigenvalue weighted by Gasteiger charge is -2.29. The van der Waals surface area contributed by atoms with Crippen molar-refractivity contribution >= 4 is 132 Å². The largest absolute Gasteiger partial charge is 0.500 e. The van der Waals surface area contributed by atoms with Crippen LogP contribution in [0.2, 0.25) is 24.2 Å². The number of aliphatic carboxylic acids is 2. The van der Waals surface area contributed by atoms with Gasteiger partial charge in [-0.05, 0) is 204 Å². The zero-order valence-electron chi connectivity index (χ0n) is 85.1. The fourth-order valence-electron chi connectivity index (χ4n) is 13.5. The average molecular weight is 2090 g/mol. The molecule has 0 radical (unpaired) electrons. The van der Waals surface area contributed by atoms with E-state index in [1.807, 2.05) is 184 Å². The summed E-state index contributed by atoms with van der Waals surface area (Å²) < 4.78 is 127. The first-order valence-corrected chi connectivity index (χ1v) is 56.2. The third kappa shape index (κ3) is 60.1. The summed E-state index contributed by atoms with van der Waals surface area (Å²) in [5, 5.41) is 76.5. The zero-order valence-corrected chi connectivity index (χ0v) is 89.1. The summed E-state index contributed by atoms with van der Waals surface area (Å²) in [6.07, 6.45) is 4.42. The van der Waals surface area contributed by atoms with Gasteiger partial charge >= 0.3 is 86.4 Å². The lowest BCUT2D eigenvalue weighted by atomic mass is 9.80. The maximum absolute atomic E-state index is 14.3. The Morgan fingerprint density at radius 3 is 0.846 bits per heavy atom. The Labute approximate surface area is 846 Å². The minimum atomic E-state index is -2.93. The summed E-state index contributed by atoms with van der Waals surface area (Å²) in [5.41, 5.74) is 13.2. The molecule has 0 aromatic heterocycles. The van der Waals surface area contributed by atoms with E-state index in [1.165, 1.54) is 36.4 Å². The van der Waals surface area contributed by atoms with Crippen molar-refractivity contribution in [1.29, 1.82) is 0 Å². The molecule has 0 bridgehead atoms. The molecule has 6 aromatic rings. The van der Waals surface area contributed by atoms with Crippen molar-refractivity contribution in [3.63, 3.8) is 0 Å². The van der Waals surface area contributed by atoms with Crippen LogP contribution >= 0.6 is 0 Å².